The number of aliphatic hydroxyl groups excluding tert-OH is 1. The first kappa shape index (κ1) is 13.1. The Kier molecular flexibility index (Phi) is 3.46. The predicted molar refractivity (Wildman–Crippen MR) is 77.2 cm³/mol. The van der Waals surface area contributed by atoms with E-state index < -0.39 is 12.1 Å². The number of aromatic nitrogens is 1. The highest BCUT2D eigenvalue weighted by atomic mass is 16.3. The molecule has 0 spiro atoms. The summed E-state index contributed by atoms with van der Waals surface area (Å²) in [5.74, 6) is -0.0770. The summed E-state index contributed by atoms with van der Waals surface area (Å²) in [7, 11) is 0. The fourth-order valence-electron chi connectivity index (χ4n) is 2.80. The second kappa shape index (κ2) is 5.26. The Morgan fingerprint density at radius 2 is 2.30 bits per heavy atom. The summed E-state index contributed by atoms with van der Waals surface area (Å²) in [5, 5.41) is 10.6. The highest BCUT2D eigenvalue weighted by Gasteiger charge is 2.28. The molecule has 0 bridgehead atoms. The molecule has 5 heteroatoms. The van der Waals surface area contributed by atoms with Crippen molar-refractivity contribution in [1.82, 2.24) is 9.88 Å². The van der Waals surface area contributed by atoms with E-state index in [4.69, 9.17) is 5.73 Å². The topological polar surface area (TPSA) is 82.4 Å². The SMILES string of the molecule is N[C@@H](Cc1c[nH]c2ccccc12)C(=O)N1CCC(O)C1. The predicted octanol–water partition coefficient (Wildman–Crippen LogP) is 0.631. The molecule has 2 aromatic rings. The Bertz CT molecular complexity index is 622. The molecule has 1 aromatic carbocycles. The number of carbonyl (C=O) groups is 1. The summed E-state index contributed by atoms with van der Waals surface area (Å²) in [6.07, 6.45) is 2.66. The summed E-state index contributed by atoms with van der Waals surface area (Å²) in [5.41, 5.74) is 8.15. The van der Waals surface area contributed by atoms with Crippen LogP contribution in [0.3, 0.4) is 0 Å². The maximum Gasteiger partial charge on any atom is 0.239 e. The van der Waals surface area contributed by atoms with Crippen LogP contribution in [-0.2, 0) is 11.2 Å². The van der Waals surface area contributed by atoms with Gasteiger partial charge >= 0.3 is 0 Å². The van der Waals surface area contributed by atoms with Crippen LogP contribution in [-0.4, -0.2) is 46.1 Å². The number of fused-ring (bicyclic) bond motifs is 1. The van der Waals surface area contributed by atoms with Crippen molar-refractivity contribution in [2.24, 2.45) is 5.73 Å². The molecule has 0 saturated carbocycles. The van der Waals surface area contributed by atoms with Crippen molar-refractivity contribution < 1.29 is 9.90 Å². The monoisotopic (exact) mass is 273 g/mol. The number of aromatic amines is 1. The number of aliphatic hydroxyl groups is 1. The number of β-amino-alcohol motifs (C(OH)–C–C–N with tert-alkyl or cyclic N) is 1. The summed E-state index contributed by atoms with van der Waals surface area (Å²) in [6, 6.07) is 7.42. The minimum absolute atomic E-state index is 0.0770. The van der Waals surface area contributed by atoms with Crippen LogP contribution in [0.25, 0.3) is 10.9 Å². The number of H-pyrrole nitrogens is 1. The molecule has 20 heavy (non-hydrogen) atoms. The third-order valence-electron chi connectivity index (χ3n) is 3.91. The van der Waals surface area contributed by atoms with E-state index in [0.717, 1.165) is 16.5 Å². The first-order chi connectivity index (χ1) is 9.65. The Labute approximate surface area is 117 Å². The number of nitrogens with zero attached hydrogens (tertiary/aromatic N) is 1. The number of para-hydroxylation sites is 1. The molecule has 0 aliphatic carbocycles. The number of benzene rings is 1. The standard InChI is InChI=1S/C15H19N3O2/c16-13(15(20)18-6-5-11(19)9-18)7-10-8-17-14-4-2-1-3-12(10)14/h1-4,8,11,13,17,19H,5-7,9,16H2/t11?,13-/m0/s1. The molecular formula is C15H19N3O2. The van der Waals surface area contributed by atoms with Crippen molar-refractivity contribution in [2.75, 3.05) is 13.1 Å². The molecule has 2 heterocycles. The zero-order valence-corrected chi connectivity index (χ0v) is 11.2. The fourth-order valence-corrected chi connectivity index (χ4v) is 2.80. The molecule has 2 atom stereocenters. The van der Waals surface area contributed by atoms with Gasteiger partial charge in [0.2, 0.25) is 5.91 Å². The van der Waals surface area contributed by atoms with Gasteiger partial charge in [-0.05, 0) is 24.5 Å². The summed E-state index contributed by atoms with van der Waals surface area (Å²) < 4.78 is 0. The molecule has 1 amide bonds. The smallest absolute Gasteiger partial charge is 0.239 e. The van der Waals surface area contributed by atoms with Crippen LogP contribution < -0.4 is 5.73 Å². The van der Waals surface area contributed by atoms with Crippen molar-refractivity contribution >= 4 is 16.8 Å². The van der Waals surface area contributed by atoms with Crippen molar-refractivity contribution in [2.45, 2.75) is 25.0 Å². The maximum absolute atomic E-state index is 12.2. The Balaban J connectivity index is 1.72. The van der Waals surface area contributed by atoms with E-state index in [1.54, 1.807) is 4.90 Å². The zero-order valence-electron chi connectivity index (χ0n) is 11.2. The number of likely N-dealkylation sites (tertiary alicyclic amines) is 1. The largest absolute Gasteiger partial charge is 0.391 e. The van der Waals surface area contributed by atoms with Crippen molar-refractivity contribution in [3.8, 4) is 0 Å². The second-order valence-electron chi connectivity index (χ2n) is 5.40. The lowest BCUT2D eigenvalue weighted by atomic mass is 10.0. The van der Waals surface area contributed by atoms with E-state index in [9.17, 15) is 9.90 Å². The van der Waals surface area contributed by atoms with Gasteiger partial charge in [-0.25, -0.2) is 0 Å². The third-order valence-corrected chi connectivity index (χ3v) is 3.91. The van der Waals surface area contributed by atoms with E-state index in [2.05, 4.69) is 4.98 Å². The van der Waals surface area contributed by atoms with E-state index in [-0.39, 0.29) is 5.91 Å². The van der Waals surface area contributed by atoms with Gasteiger partial charge in [0, 0.05) is 30.2 Å². The van der Waals surface area contributed by atoms with Gasteiger partial charge in [0.05, 0.1) is 12.1 Å². The van der Waals surface area contributed by atoms with E-state index in [0.29, 0.717) is 25.9 Å². The molecule has 3 rings (SSSR count). The minimum Gasteiger partial charge on any atom is -0.391 e. The van der Waals surface area contributed by atoms with Crippen LogP contribution >= 0.6 is 0 Å². The van der Waals surface area contributed by atoms with Gasteiger partial charge in [-0.1, -0.05) is 18.2 Å². The normalized spacial score (nSPS) is 20.5. The summed E-state index contributed by atoms with van der Waals surface area (Å²) >= 11 is 0. The van der Waals surface area contributed by atoms with Gasteiger partial charge in [-0.15, -0.1) is 0 Å². The minimum atomic E-state index is -0.556. The van der Waals surface area contributed by atoms with Crippen LogP contribution in [0.4, 0.5) is 0 Å². The van der Waals surface area contributed by atoms with Crippen LogP contribution in [0.1, 0.15) is 12.0 Å². The molecule has 1 aliphatic heterocycles. The summed E-state index contributed by atoms with van der Waals surface area (Å²) in [4.78, 5) is 17.1. The molecule has 1 fully saturated rings. The van der Waals surface area contributed by atoms with Crippen LogP contribution in [0, 0.1) is 0 Å². The quantitative estimate of drug-likeness (QED) is 0.767. The lowest BCUT2D eigenvalue weighted by Crippen LogP contribution is -2.44. The molecule has 4 N–H and O–H groups in total. The molecule has 1 unspecified atom stereocenters. The Hall–Kier alpha value is -1.85. The van der Waals surface area contributed by atoms with Crippen molar-refractivity contribution in [3.63, 3.8) is 0 Å². The van der Waals surface area contributed by atoms with Crippen molar-refractivity contribution in [1.29, 1.82) is 0 Å². The van der Waals surface area contributed by atoms with E-state index in [1.807, 2.05) is 30.5 Å². The number of nitrogens with two attached hydrogens (primary N) is 1. The van der Waals surface area contributed by atoms with Gasteiger partial charge in [0.1, 0.15) is 0 Å². The number of amides is 1. The molecular weight excluding hydrogens is 254 g/mol. The van der Waals surface area contributed by atoms with Gasteiger partial charge in [0.25, 0.3) is 0 Å². The number of hydrogen-bond acceptors (Lipinski definition) is 3. The average molecular weight is 273 g/mol. The molecule has 1 aliphatic rings. The lowest BCUT2D eigenvalue weighted by Gasteiger charge is -2.20. The van der Waals surface area contributed by atoms with Gasteiger partial charge in [0.15, 0.2) is 0 Å². The molecule has 1 aromatic heterocycles. The molecule has 106 valence electrons. The number of carbonyl (C=O) groups excluding carboxylic acids is 1. The summed E-state index contributed by atoms with van der Waals surface area (Å²) in [6.45, 7) is 1.00. The Morgan fingerprint density at radius 3 is 3.05 bits per heavy atom. The fraction of sp³-hybridized carbons (Fsp3) is 0.400. The first-order valence-electron chi connectivity index (χ1n) is 6.92. The van der Waals surface area contributed by atoms with Crippen LogP contribution in [0.2, 0.25) is 0 Å². The molecule has 0 radical (unpaired) electrons. The number of hydrogen-bond donors (Lipinski definition) is 3. The molecule has 5 nitrogen and oxygen atoms in total. The van der Waals surface area contributed by atoms with Gasteiger partial charge in [-0.3, -0.25) is 4.79 Å². The van der Waals surface area contributed by atoms with E-state index >= 15 is 0 Å². The van der Waals surface area contributed by atoms with Crippen molar-refractivity contribution in [3.05, 3.63) is 36.0 Å². The number of nitrogens with one attached hydrogen (secondary N) is 1. The highest BCUT2D eigenvalue weighted by molar-refractivity contribution is 5.86. The zero-order chi connectivity index (χ0) is 14.1. The third kappa shape index (κ3) is 2.42. The lowest BCUT2D eigenvalue weighted by molar-refractivity contribution is -0.131. The molecule has 1 saturated heterocycles. The van der Waals surface area contributed by atoms with Gasteiger partial charge < -0.3 is 20.7 Å². The van der Waals surface area contributed by atoms with Crippen LogP contribution in [0.5, 0.6) is 0 Å². The number of rotatable bonds is 3. The average Bonchev–Trinajstić information content (AvgIpc) is 3.05. The highest BCUT2D eigenvalue weighted by Crippen LogP contribution is 2.19. The maximum atomic E-state index is 12.2. The van der Waals surface area contributed by atoms with Gasteiger partial charge in [-0.2, -0.15) is 0 Å². The Morgan fingerprint density at radius 1 is 1.50 bits per heavy atom. The second-order valence-corrected chi connectivity index (χ2v) is 5.40. The van der Waals surface area contributed by atoms with E-state index in [1.165, 1.54) is 0 Å². The van der Waals surface area contributed by atoms with Crippen LogP contribution in [0.15, 0.2) is 30.5 Å². The first-order valence-corrected chi connectivity index (χ1v) is 6.92.